The maximum Gasteiger partial charge on any atom is 0.194 e. The standard InChI is InChI=1S/C17H21ClFN3OS.HI/c1-3-20-17(22(2)10-14-5-7-16(18)24-14)21-9-12-4-6-15(19)13(8-12)11-23;/h4-8,23H,3,9-11H2,1-2H3,(H,20,21);1H. The third kappa shape index (κ3) is 6.73. The van der Waals surface area contributed by atoms with Crippen molar-refractivity contribution in [2.45, 2.75) is 26.6 Å². The Labute approximate surface area is 173 Å². The number of halogens is 3. The van der Waals surface area contributed by atoms with Crippen LogP contribution in [0.4, 0.5) is 4.39 Å². The van der Waals surface area contributed by atoms with Gasteiger partial charge < -0.3 is 15.3 Å². The molecule has 0 aliphatic heterocycles. The average Bonchev–Trinajstić information content (AvgIpc) is 2.97. The molecule has 0 unspecified atom stereocenters. The minimum atomic E-state index is -0.399. The summed E-state index contributed by atoms with van der Waals surface area (Å²) >= 11 is 7.51. The number of nitrogens with zero attached hydrogens (tertiary/aromatic N) is 2. The lowest BCUT2D eigenvalue weighted by Crippen LogP contribution is -2.38. The van der Waals surface area contributed by atoms with Crippen LogP contribution in [0.3, 0.4) is 0 Å². The molecule has 0 aliphatic carbocycles. The molecule has 2 aromatic rings. The van der Waals surface area contributed by atoms with Crippen LogP contribution in [0.1, 0.15) is 22.9 Å². The van der Waals surface area contributed by atoms with Gasteiger partial charge in [0.25, 0.3) is 0 Å². The summed E-state index contributed by atoms with van der Waals surface area (Å²) in [6.45, 7) is 3.55. The van der Waals surface area contributed by atoms with E-state index in [-0.39, 0.29) is 36.1 Å². The highest BCUT2D eigenvalue weighted by Gasteiger charge is 2.09. The highest BCUT2D eigenvalue weighted by Crippen LogP contribution is 2.22. The Morgan fingerprint density at radius 1 is 1.36 bits per heavy atom. The number of benzene rings is 1. The van der Waals surface area contributed by atoms with Gasteiger partial charge in [0, 0.05) is 24.0 Å². The fourth-order valence-electron chi connectivity index (χ4n) is 2.23. The number of thiophene rings is 1. The van der Waals surface area contributed by atoms with E-state index in [1.54, 1.807) is 23.5 Å². The Balaban J connectivity index is 0.00000312. The number of hydrogen-bond acceptors (Lipinski definition) is 3. The Kier molecular flexibility index (Phi) is 9.70. The summed E-state index contributed by atoms with van der Waals surface area (Å²) in [7, 11) is 1.96. The van der Waals surface area contributed by atoms with Crippen LogP contribution in [0.5, 0.6) is 0 Å². The molecule has 1 heterocycles. The van der Waals surface area contributed by atoms with Crippen LogP contribution in [0.25, 0.3) is 0 Å². The Morgan fingerprint density at radius 3 is 2.72 bits per heavy atom. The summed E-state index contributed by atoms with van der Waals surface area (Å²) in [5.74, 6) is 0.362. The molecule has 25 heavy (non-hydrogen) atoms. The van der Waals surface area contributed by atoms with E-state index in [0.29, 0.717) is 13.1 Å². The van der Waals surface area contributed by atoms with Gasteiger partial charge in [-0.2, -0.15) is 0 Å². The summed E-state index contributed by atoms with van der Waals surface area (Å²) in [6.07, 6.45) is 0. The molecule has 0 bridgehead atoms. The van der Waals surface area contributed by atoms with Crippen LogP contribution in [0.15, 0.2) is 35.3 Å². The van der Waals surface area contributed by atoms with Gasteiger partial charge in [-0.15, -0.1) is 35.3 Å². The maximum absolute atomic E-state index is 13.4. The fourth-order valence-corrected chi connectivity index (χ4v) is 3.37. The zero-order valence-corrected chi connectivity index (χ0v) is 18.0. The van der Waals surface area contributed by atoms with Gasteiger partial charge in [-0.1, -0.05) is 17.7 Å². The van der Waals surface area contributed by atoms with E-state index in [9.17, 15) is 4.39 Å². The third-order valence-corrected chi connectivity index (χ3v) is 4.63. The minimum absolute atomic E-state index is 0. The summed E-state index contributed by atoms with van der Waals surface area (Å²) in [4.78, 5) is 7.76. The number of guanidine groups is 1. The molecule has 1 aromatic heterocycles. The molecule has 0 saturated carbocycles. The van der Waals surface area contributed by atoms with Crippen LogP contribution >= 0.6 is 46.9 Å². The highest BCUT2D eigenvalue weighted by atomic mass is 127. The third-order valence-electron chi connectivity index (χ3n) is 3.41. The van der Waals surface area contributed by atoms with E-state index >= 15 is 0 Å². The van der Waals surface area contributed by atoms with Gasteiger partial charge in [0.1, 0.15) is 5.82 Å². The molecule has 1 aromatic carbocycles. The van der Waals surface area contributed by atoms with Gasteiger partial charge in [-0.25, -0.2) is 9.38 Å². The first kappa shape index (κ1) is 22.1. The normalized spacial score (nSPS) is 11.2. The smallest absolute Gasteiger partial charge is 0.194 e. The van der Waals surface area contributed by atoms with Crippen molar-refractivity contribution < 1.29 is 9.50 Å². The lowest BCUT2D eigenvalue weighted by molar-refractivity contribution is 0.275. The van der Waals surface area contributed by atoms with Crippen molar-refractivity contribution in [1.82, 2.24) is 10.2 Å². The van der Waals surface area contributed by atoms with E-state index in [1.165, 1.54) is 6.07 Å². The Morgan fingerprint density at radius 2 is 2.12 bits per heavy atom. The van der Waals surface area contributed by atoms with Crippen molar-refractivity contribution in [2.75, 3.05) is 13.6 Å². The van der Waals surface area contributed by atoms with Crippen LogP contribution in [-0.4, -0.2) is 29.6 Å². The molecule has 0 saturated heterocycles. The lowest BCUT2D eigenvalue weighted by atomic mass is 10.1. The first-order chi connectivity index (χ1) is 11.5. The van der Waals surface area contributed by atoms with Gasteiger partial charge in [-0.05, 0) is 36.8 Å². The number of rotatable bonds is 6. The van der Waals surface area contributed by atoms with Gasteiger partial charge in [0.05, 0.1) is 24.0 Å². The van der Waals surface area contributed by atoms with Gasteiger partial charge >= 0.3 is 0 Å². The van der Waals surface area contributed by atoms with Crippen molar-refractivity contribution in [3.63, 3.8) is 0 Å². The van der Waals surface area contributed by atoms with E-state index in [4.69, 9.17) is 16.7 Å². The van der Waals surface area contributed by atoms with Crippen LogP contribution in [0, 0.1) is 5.82 Å². The van der Waals surface area contributed by atoms with E-state index in [0.717, 1.165) is 27.3 Å². The van der Waals surface area contributed by atoms with Crippen LogP contribution in [-0.2, 0) is 19.7 Å². The predicted molar refractivity (Wildman–Crippen MR) is 113 cm³/mol. The number of aliphatic hydroxyl groups excluding tert-OH is 1. The van der Waals surface area contributed by atoms with Crippen molar-refractivity contribution in [1.29, 1.82) is 0 Å². The number of hydrogen-bond donors (Lipinski definition) is 2. The predicted octanol–water partition coefficient (Wildman–Crippen LogP) is 4.25. The molecule has 0 radical (unpaired) electrons. The van der Waals surface area contributed by atoms with E-state index < -0.39 is 5.82 Å². The molecule has 0 amide bonds. The van der Waals surface area contributed by atoms with Gasteiger partial charge in [0.2, 0.25) is 0 Å². The average molecular weight is 498 g/mol. The van der Waals surface area contributed by atoms with E-state index in [1.807, 2.05) is 31.0 Å². The number of aliphatic imine (C=N–C) groups is 1. The largest absolute Gasteiger partial charge is 0.392 e. The minimum Gasteiger partial charge on any atom is -0.392 e. The lowest BCUT2D eigenvalue weighted by Gasteiger charge is -2.21. The molecule has 2 rings (SSSR count). The second kappa shape index (κ2) is 10.9. The van der Waals surface area contributed by atoms with Crippen molar-refractivity contribution in [3.05, 3.63) is 56.5 Å². The quantitative estimate of drug-likeness (QED) is 0.356. The first-order valence-electron chi connectivity index (χ1n) is 7.65. The zero-order chi connectivity index (χ0) is 17.5. The fraction of sp³-hybridized carbons (Fsp3) is 0.353. The highest BCUT2D eigenvalue weighted by molar-refractivity contribution is 14.0. The van der Waals surface area contributed by atoms with Crippen molar-refractivity contribution in [2.24, 2.45) is 4.99 Å². The molecular formula is C17H22ClFIN3OS. The molecule has 0 spiro atoms. The molecule has 8 heteroatoms. The SMILES string of the molecule is CCNC(=NCc1ccc(F)c(CO)c1)N(C)Cc1ccc(Cl)s1.I. The molecule has 0 aliphatic rings. The number of nitrogens with one attached hydrogen (secondary N) is 1. The summed E-state index contributed by atoms with van der Waals surface area (Å²) in [5.41, 5.74) is 1.14. The summed E-state index contributed by atoms with van der Waals surface area (Å²) in [5, 5.41) is 12.4. The maximum atomic E-state index is 13.4. The second-order valence-electron chi connectivity index (χ2n) is 5.32. The first-order valence-corrected chi connectivity index (χ1v) is 8.84. The summed E-state index contributed by atoms with van der Waals surface area (Å²) < 4.78 is 14.2. The Hall–Kier alpha value is -0.900. The number of aliphatic hydroxyl groups is 1. The summed E-state index contributed by atoms with van der Waals surface area (Å²) in [6, 6.07) is 8.57. The topological polar surface area (TPSA) is 47.9 Å². The van der Waals surface area contributed by atoms with Crippen LogP contribution < -0.4 is 5.32 Å². The molecule has 4 nitrogen and oxygen atoms in total. The molecule has 0 atom stereocenters. The molecule has 0 fully saturated rings. The van der Waals surface area contributed by atoms with E-state index in [2.05, 4.69) is 10.3 Å². The Bertz CT molecular complexity index is 711. The van der Waals surface area contributed by atoms with Gasteiger partial charge in [0.15, 0.2) is 5.96 Å². The zero-order valence-electron chi connectivity index (χ0n) is 14.1. The molecule has 138 valence electrons. The molecule has 2 N–H and O–H groups in total. The van der Waals surface area contributed by atoms with Crippen LogP contribution in [0.2, 0.25) is 4.34 Å². The van der Waals surface area contributed by atoms with Crippen molar-refractivity contribution in [3.8, 4) is 0 Å². The monoisotopic (exact) mass is 497 g/mol. The molecular weight excluding hydrogens is 476 g/mol. The second-order valence-corrected chi connectivity index (χ2v) is 7.12. The van der Waals surface area contributed by atoms with Crippen molar-refractivity contribution >= 4 is 52.9 Å². The van der Waals surface area contributed by atoms with Gasteiger partial charge in [-0.3, -0.25) is 0 Å².